The van der Waals surface area contributed by atoms with E-state index in [9.17, 15) is 4.79 Å². The lowest BCUT2D eigenvalue weighted by molar-refractivity contribution is 0.0950. The smallest absolute Gasteiger partial charge is 0.251 e. The van der Waals surface area contributed by atoms with Crippen LogP contribution >= 0.6 is 0 Å². The van der Waals surface area contributed by atoms with E-state index in [0.717, 1.165) is 5.69 Å². The highest BCUT2D eigenvalue weighted by atomic mass is 16.5. The minimum absolute atomic E-state index is 0.184. The number of methoxy groups -OCH3 is 2. The van der Waals surface area contributed by atoms with Gasteiger partial charge in [-0.05, 0) is 24.3 Å². The molecule has 1 amide bonds. The Labute approximate surface area is 117 Å². The molecule has 0 aliphatic rings. The fourth-order valence-electron chi connectivity index (χ4n) is 1.81. The molecule has 1 aromatic heterocycles. The molecule has 0 unspecified atom stereocenters. The molecule has 0 radical (unpaired) electrons. The highest BCUT2D eigenvalue weighted by molar-refractivity contribution is 5.94. The predicted molar refractivity (Wildman–Crippen MR) is 73.9 cm³/mol. The summed E-state index contributed by atoms with van der Waals surface area (Å²) in [6.45, 7) is 0.383. The largest absolute Gasteiger partial charge is 0.493 e. The van der Waals surface area contributed by atoms with Crippen molar-refractivity contribution >= 4 is 5.91 Å². The molecule has 6 nitrogen and oxygen atoms in total. The molecule has 0 aliphatic heterocycles. The Morgan fingerprint density at radius 3 is 2.60 bits per heavy atom. The molecule has 0 spiro atoms. The van der Waals surface area contributed by atoms with Crippen molar-refractivity contribution in [2.24, 2.45) is 7.05 Å². The number of aryl methyl sites for hydroxylation is 1. The van der Waals surface area contributed by atoms with Crippen LogP contribution in [0.1, 0.15) is 16.1 Å². The number of rotatable bonds is 5. The topological polar surface area (TPSA) is 65.4 Å². The summed E-state index contributed by atoms with van der Waals surface area (Å²) < 4.78 is 12.0. The first-order valence-electron chi connectivity index (χ1n) is 6.13. The molecule has 0 saturated carbocycles. The van der Waals surface area contributed by atoms with Crippen LogP contribution in [0.4, 0.5) is 0 Å². The van der Waals surface area contributed by atoms with Gasteiger partial charge in [-0.15, -0.1) is 0 Å². The van der Waals surface area contributed by atoms with Crippen molar-refractivity contribution in [3.63, 3.8) is 0 Å². The normalized spacial score (nSPS) is 10.2. The van der Waals surface area contributed by atoms with Crippen LogP contribution in [-0.4, -0.2) is 29.9 Å². The highest BCUT2D eigenvalue weighted by Crippen LogP contribution is 2.27. The fraction of sp³-hybridized carbons (Fsp3) is 0.286. The van der Waals surface area contributed by atoms with E-state index in [-0.39, 0.29) is 5.91 Å². The summed E-state index contributed by atoms with van der Waals surface area (Å²) in [5.74, 6) is 0.934. The molecule has 0 saturated heterocycles. The van der Waals surface area contributed by atoms with Crippen molar-refractivity contribution in [1.82, 2.24) is 15.1 Å². The summed E-state index contributed by atoms with van der Waals surface area (Å²) in [6, 6.07) is 6.89. The zero-order chi connectivity index (χ0) is 14.5. The van der Waals surface area contributed by atoms with Gasteiger partial charge >= 0.3 is 0 Å². The van der Waals surface area contributed by atoms with Crippen molar-refractivity contribution < 1.29 is 14.3 Å². The Balaban J connectivity index is 2.05. The second-order valence-electron chi connectivity index (χ2n) is 4.23. The van der Waals surface area contributed by atoms with E-state index in [4.69, 9.17) is 9.47 Å². The molecular weight excluding hydrogens is 258 g/mol. The van der Waals surface area contributed by atoms with Gasteiger partial charge in [0.1, 0.15) is 0 Å². The number of amides is 1. The minimum atomic E-state index is -0.184. The molecule has 1 heterocycles. The van der Waals surface area contributed by atoms with Gasteiger partial charge in [0.2, 0.25) is 0 Å². The first kappa shape index (κ1) is 13.9. The Bertz CT molecular complexity index is 607. The zero-order valence-corrected chi connectivity index (χ0v) is 11.7. The number of hydrogen-bond acceptors (Lipinski definition) is 4. The van der Waals surface area contributed by atoms with Crippen molar-refractivity contribution in [1.29, 1.82) is 0 Å². The van der Waals surface area contributed by atoms with Crippen LogP contribution < -0.4 is 14.8 Å². The molecular formula is C14H17N3O3. The van der Waals surface area contributed by atoms with Gasteiger partial charge in [0.15, 0.2) is 11.5 Å². The van der Waals surface area contributed by atoms with E-state index in [1.165, 1.54) is 7.11 Å². The Hall–Kier alpha value is -2.50. The Morgan fingerprint density at radius 2 is 2.00 bits per heavy atom. The van der Waals surface area contributed by atoms with Gasteiger partial charge in [-0.3, -0.25) is 9.48 Å². The van der Waals surface area contributed by atoms with Gasteiger partial charge in [-0.25, -0.2) is 0 Å². The average Bonchev–Trinajstić information content (AvgIpc) is 2.89. The van der Waals surface area contributed by atoms with Crippen LogP contribution in [0.5, 0.6) is 11.5 Å². The monoisotopic (exact) mass is 275 g/mol. The van der Waals surface area contributed by atoms with Crippen LogP contribution in [-0.2, 0) is 13.6 Å². The molecule has 0 fully saturated rings. The molecule has 2 aromatic rings. The summed E-state index contributed by atoms with van der Waals surface area (Å²) in [5, 5.41) is 7.00. The fourth-order valence-corrected chi connectivity index (χ4v) is 1.81. The minimum Gasteiger partial charge on any atom is -0.493 e. The van der Waals surface area contributed by atoms with Crippen molar-refractivity contribution in [2.45, 2.75) is 6.54 Å². The number of carbonyl (C=O) groups is 1. The lowest BCUT2D eigenvalue weighted by Gasteiger charge is -2.09. The number of nitrogens with one attached hydrogen (secondary N) is 1. The van der Waals surface area contributed by atoms with E-state index < -0.39 is 0 Å². The average molecular weight is 275 g/mol. The maximum atomic E-state index is 12.1. The summed E-state index contributed by atoms with van der Waals surface area (Å²) in [7, 11) is 4.92. The lowest BCUT2D eigenvalue weighted by atomic mass is 10.2. The number of hydrogen-bond donors (Lipinski definition) is 1. The van der Waals surface area contributed by atoms with Crippen LogP contribution in [0.3, 0.4) is 0 Å². The summed E-state index contributed by atoms with van der Waals surface area (Å²) >= 11 is 0. The third-order valence-corrected chi connectivity index (χ3v) is 2.84. The maximum absolute atomic E-state index is 12.1. The standard InChI is InChI=1S/C14H17N3O3/c1-17-7-6-11(16-17)9-15-14(18)10-4-5-12(19-2)13(8-10)20-3/h4-8H,9H2,1-3H3,(H,15,18). The van der Waals surface area contributed by atoms with E-state index >= 15 is 0 Å². The lowest BCUT2D eigenvalue weighted by Crippen LogP contribution is -2.23. The van der Waals surface area contributed by atoms with Crippen LogP contribution in [0, 0.1) is 0 Å². The summed E-state index contributed by atoms with van der Waals surface area (Å²) in [5.41, 5.74) is 1.32. The molecule has 0 bridgehead atoms. The van der Waals surface area contributed by atoms with E-state index in [2.05, 4.69) is 10.4 Å². The highest BCUT2D eigenvalue weighted by Gasteiger charge is 2.10. The first-order chi connectivity index (χ1) is 9.63. The number of aromatic nitrogens is 2. The molecule has 20 heavy (non-hydrogen) atoms. The molecule has 2 rings (SSSR count). The van der Waals surface area contributed by atoms with Gasteiger partial charge in [0.05, 0.1) is 26.5 Å². The van der Waals surface area contributed by atoms with E-state index in [1.54, 1.807) is 30.0 Å². The number of benzene rings is 1. The number of nitrogens with zero attached hydrogens (tertiary/aromatic N) is 2. The van der Waals surface area contributed by atoms with Crippen molar-refractivity contribution in [2.75, 3.05) is 14.2 Å². The van der Waals surface area contributed by atoms with Gasteiger partial charge < -0.3 is 14.8 Å². The zero-order valence-electron chi connectivity index (χ0n) is 11.7. The molecule has 6 heteroatoms. The van der Waals surface area contributed by atoms with Crippen LogP contribution in [0.25, 0.3) is 0 Å². The number of carbonyl (C=O) groups excluding carboxylic acids is 1. The summed E-state index contributed by atoms with van der Waals surface area (Å²) in [6.07, 6.45) is 1.83. The van der Waals surface area contributed by atoms with E-state index in [1.807, 2.05) is 19.3 Å². The maximum Gasteiger partial charge on any atom is 0.251 e. The van der Waals surface area contributed by atoms with Crippen molar-refractivity contribution in [3.8, 4) is 11.5 Å². The molecule has 106 valence electrons. The second kappa shape index (κ2) is 6.10. The van der Waals surface area contributed by atoms with Gasteiger partial charge in [-0.2, -0.15) is 5.10 Å². The molecule has 0 atom stereocenters. The third kappa shape index (κ3) is 3.09. The van der Waals surface area contributed by atoms with Gasteiger partial charge in [-0.1, -0.05) is 0 Å². The molecule has 1 aromatic carbocycles. The predicted octanol–water partition coefficient (Wildman–Crippen LogP) is 1.37. The van der Waals surface area contributed by atoms with E-state index in [0.29, 0.717) is 23.6 Å². The van der Waals surface area contributed by atoms with Crippen LogP contribution in [0.2, 0.25) is 0 Å². The SMILES string of the molecule is COc1ccc(C(=O)NCc2ccn(C)n2)cc1OC. The van der Waals surface area contributed by atoms with Gasteiger partial charge in [0.25, 0.3) is 5.91 Å². The Morgan fingerprint density at radius 1 is 1.25 bits per heavy atom. The summed E-state index contributed by atoms with van der Waals surface area (Å²) in [4.78, 5) is 12.1. The second-order valence-corrected chi connectivity index (χ2v) is 4.23. The van der Waals surface area contributed by atoms with Crippen molar-refractivity contribution in [3.05, 3.63) is 41.7 Å². The first-order valence-corrected chi connectivity index (χ1v) is 6.13. The third-order valence-electron chi connectivity index (χ3n) is 2.84. The molecule has 0 aliphatic carbocycles. The quantitative estimate of drug-likeness (QED) is 0.895. The molecule has 1 N–H and O–H groups in total. The number of ether oxygens (including phenoxy) is 2. The Kier molecular flexibility index (Phi) is 4.24. The van der Waals surface area contributed by atoms with Gasteiger partial charge in [0, 0.05) is 18.8 Å². The van der Waals surface area contributed by atoms with Crippen LogP contribution in [0.15, 0.2) is 30.5 Å².